The van der Waals surface area contributed by atoms with Crippen molar-refractivity contribution in [2.75, 3.05) is 33.9 Å². The smallest absolute Gasteiger partial charge is 0.407 e. The number of methoxy groups -OCH3 is 2. The van der Waals surface area contributed by atoms with E-state index in [1.165, 1.54) is 14.2 Å². The highest BCUT2D eigenvalue weighted by Crippen LogP contribution is 2.27. The fraction of sp³-hybridized carbons (Fsp3) is 0.429. The van der Waals surface area contributed by atoms with Crippen molar-refractivity contribution in [3.63, 3.8) is 0 Å². The Labute approximate surface area is 123 Å². The summed E-state index contributed by atoms with van der Waals surface area (Å²) in [6, 6.07) is 5.08. The molecule has 21 heavy (non-hydrogen) atoms. The molecule has 0 unspecified atom stereocenters. The molecule has 1 aromatic carbocycles. The van der Waals surface area contributed by atoms with Crippen molar-refractivity contribution >= 4 is 12.0 Å². The zero-order valence-electron chi connectivity index (χ0n) is 12.4. The molecular formula is C14H20N2O5. The number of benzene rings is 1. The Morgan fingerprint density at radius 3 is 2.14 bits per heavy atom. The number of amides is 2. The van der Waals surface area contributed by atoms with Gasteiger partial charge in [-0.2, -0.15) is 0 Å². The third-order valence-corrected chi connectivity index (χ3v) is 2.61. The van der Waals surface area contributed by atoms with E-state index in [2.05, 4.69) is 10.6 Å². The second-order valence-corrected chi connectivity index (χ2v) is 3.94. The molecule has 0 fully saturated rings. The molecule has 1 aromatic rings. The van der Waals surface area contributed by atoms with Gasteiger partial charge in [0.15, 0.2) is 0 Å². The summed E-state index contributed by atoms with van der Waals surface area (Å²) in [5.74, 6) is 0.505. The minimum absolute atomic E-state index is 0.263. The predicted molar refractivity (Wildman–Crippen MR) is 76.9 cm³/mol. The summed E-state index contributed by atoms with van der Waals surface area (Å²) < 4.78 is 15.0. The monoisotopic (exact) mass is 296 g/mol. The number of nitrogens with one attached hydrogen (secondary N) is 2. The van der Waals surface area contributed by atoms with E-state index in [-0.39, 0.29) is 19.0 Å². The molecule has 0 radical (unpaired) electrons. The zero-order chi connectivity index (χ0) is 15.7. The van der Waals surface area contributed by atoms with Crippen molar-refractivity contribution in [1.29, 1.82) is 0 Å². The van der Waals surface area contributed by atoms with Crippen LogP contribution in [0.5, 0.6) is 11.5 Å². The van der Waals surface area contributed by atoms with E-state index in [4.69, 9.17) is 14.2 Å². The lowest BCUT2D eigenvalue weighted by molar-refractivity contribution is 0.0946. The molecule has 0 atom stereocenters. The lowest BCUT2D eigenvalue weighted by Crippen LogP contribution is -2.35. The fourth-order valence-electron chi connectivity index (χ4n) is 1.69. The highest BCUT2D eigenvalue weighted by molar-refractivity contribution is 5.99. The van der Waals surface area contributed by atoms with Crippen LogP contribution >= 0.6 is 0 Å². The topological polar surface area (TPSA) is 85.9 Å². The van der Waals surface area contributed by atoms with Gasteiger partial charge in [0, 0.05) is 13.1 Å². The molecule has 2 N–H and O–H groups in total. The first-order valence-corrected chi connectivity index (χ1v) is 6.53. The molecule has 0 spiro atoms. The summed E-state index contributed by atoms with van der Waals surface area (Å²) in [6.45, 7) is 2.55. The van der Waals surface area contributed by atoms with Crippen LogP contribution in [0, 0.1) is 0 Å². The predicted octanol–water partition coefficient (Wildman–Crippen LogP) is 1.18. The van der Waals surface area contributed by atoms with E-state index in [9.17, 15) is 9.59 Å². The molecule has 0 aliphatic heterocycles. The number of alkyl carbamates (subject to hydrolysis) is 1. The Balaban J connectivity index is 2.58. The van der Waals surface area contributed by atoms with Gasteiger partial charge in [0.2, 0.25) is 0 Å². The van der Waals surface area contributed by atoms with Gasteiger partial charge >= 0.3 is 6.09 Å². The van der Waals surface area contributed by atoms with Crippen molar-refractivity contribution in [2.24, 2.45) is 0 Å². The first kappa shape index (κ1) is 16.6. The van der Waals surface area contributed by atoms with Crippen molar-refractivity contribution in [3.8, 4) is 11.5 Å². The van der Waals surface area contributed by atoms with E-state index in [0.717, 1.165) is 0 Å². The van der Waals surface area contributed by atoms with Crippen LogP contribution in [0.2, 0.25) is 0 Å². The van der Waals surface area contributed by atoms with Gasteiger partial charge in [-0.3, -0.25) is 4.79 Å². The molecule has 0 aliphatic carbocycles. The molecule has 0 saturated heterocycles. The zero-order valence-corrected chi connectivity index (χ0v) is 12.4. The summed E-state index contributed by atoms with van der Waals surface area (Å²) in [5, 5.41) is 5.19. The molecular weight excluding hydrogens is 276 g/mol. The quantitative estimate of drug-likeness (QED) is 0.738. The third kappa shape index (κ3) is 4.87. The number of carbonyl (C=O) groups excluding carboxylic acids is 2. The lowest BCUT2D eigenvalue weighted by atomic mass is 10.1. The number of hydrogen-bond donors (Lipinski definition) is 2. The molecule has 0 bridgehead atoms. The standard InChI is InChI=1S/C14H20N2O5/c1-4-21-14(18)16-9-8-15-13(17)12-10(19-2)6-5-7-11(12)20-3/h5-7H,4,8-9H2,1-3H3,(H,15,17)(H,16,18). The minimum atomic E-state index is -0.512. The summed E-state index contributed by atoms with van der Waals surface area (Å²) in [6.07, 6.45) is -0.512. The van der Waals surface area contributed by atoms with Gasteiger partial charge in [-0.25, -0.2) is 4.79 Å². The second kappa shape index (κ2) is 8.68. The average Bonchev–Trinajstić information content (AvgIpc) is 2.50. The normalized spacial score (nSPS) is 9.67. The van der Waals surface area contributed by atoms with Gasteiger partial charge in [0.05, 0.1) is 20.8 Å². The first-order chi connectivity index (χ1) is 10.1. The van der Waals surface area contributed by atoms with E-state index in [1.807, 2.05) is 0 Å². The van der Waals surface area contributed by atoms with E-state index in [0.29, 0.717) is 23.7 Å². The molecule has 7 heteroatoms. The van der Waals surface area contributed by atoms with Gasteiger partial charge in [0.25, 0.3) is 5.91 Å². The third-order valence-electron chi connectivity index (χ3n) is 2.61. The van der Waals surface area contributed by atoms with Gasteiger partial charge in [0.1, 0.15) is 17.1 Å². The number of carbonyl (C=O) groups is 2. The second-order valence-electron chi connectivity index (χ2n) is 3.94. The number of hydrogen-bond acceptors (Lipinski definition) is 5. The Bertz CT molecular complexity index is 468. The number of ether oxygens (including phenoxy) is 3. The van der Waals surface area contributed by atoms with Crippen molar-refractivity contribution < 1.29 is 23.8 Å². The summed E-state index contributed by atoms with van der Waals surface area (Å²) in [5.41, 5.74) is 0.318. The van der Waals surface area contributed by atoms with Gasteiger partial charge in [-0.15, -0.1) is 0 Å². The van der Waals surface area contributed by atoms with Crippen molar-refractivity contribution in [3.05, 3.63) is 23.8 Å². The van der Waals surface area contributed by atoms with Gasteiger partial charge in [-0.05, 0) is 19.1 Å². The van der Waals surface area contributed by atoms with Crippen LogP contribution in [-0.4, -0.2) is 45.9 Å². The van der Waals surface area contributed by atoms with E-state index in [1.54, 1.807) is 25.1 Å². The highest BCUT2D eigenvalue weighted by atomic mass is 16.5. The molecule has 0 aliphatic rings. The molecule has 116 valence electrons. The van der Waals surface area contributed by atoms with Crippen LogP contribution in [-0.2, 0) is 4.74 Å². The molecule has 7 nitrogen and oxygen atoms in total. The highest BCUT2D eigenvalue weighted by Gasteiger charge is 2.17. The molecule has 0 saturated carbocycles. The number of rotatable bonds is 7. The van der Waals surface area contributed by atoms with Crippen LogP contribution in [0.15, 0.2) is 18.2 Å². The van der Waals surface area contributed by atoms with E-state index < -0.39 is 6.09 Å². The average molecular weight is 296 g/mol. The molecule has 0 aromatic heterocycles. The van der Waals surface area contributed by atoms with E-state index >= 15 is 0 Å². The van der Waals surface area contributed by atoms with Crippen molar-refractivity contribution in [2.45, 2.75) is 6.92 Å². The summed E-state index contributed by atoms with van der Waals surface area (Å²) in [7, 11) is 2.96. The Morgan fingerprint density at radius 1 is 1.05 bits per heavy atom. The van der Waals surface area contributed by atoms with Crippen LogP contribution < -0.4 is 20.1 Å². The van der Waals surface area contributed by atoms with Crippen LogP contribution in [0.3, 0.4) is 0 Å². The minimum Gasteiger partial charge on any atom is -0.496 e. The maximum Gasteiger partial charge on any atom is 0.407 e. The lowest BCUT2D eigenvalue weighted by Gasteiger charge is -2.13. The molecule has 0 heterocycles. The summed E-state index contributed by atoms with van der Waals surface area (Å²) in [4.78, 5) is 23.2. The molecule has 2 amide bonds. The SMILES string of the molecule is CCOC(=O)NCCNC(=O)c1c(OC)cccc1OC. The van der Waals surface area contributed by atoms with Crippen LogP contribution in [0.4, 0.5) is 4.79 Å². The molecule has 1 rings (SSSR count). The largest absolute Gasteiger partial charge is 0.496 e. The van der Waals surface area contributed by atoms with Crippen LogP contribution in [0.25, 0.3) is 0 Å². The Kier molecular flexibility index (Phi) is 6.86. The maximum atomic E-state index is 12.2. The summed E-state index contributed by atoms with van der Waals surface area (Å²) >= 11 is 0. The van der Waals surface area contributed by atoms with Gasteiger partial charge < -0.3 is 24.8 Å². The van der Waals surface area contributed by atoms with Gasteiger partial charge in [-0.1, -0.05) is 6.07 Å². The Morgan fingerprint density at radius 2 is 1.62 bits per heavy atom. The van der Waals surface area contributed by atoms with Crippen molar-refractivity contribution in [1.82, 2.24) is 10.6 Å². The fourth-order valence-corrected chi connectivity index (χ4v) is 1.69. The first-order valence-electron chi connectivity index (χ1n) is 6.53. The maximum absolute atomic E-state index is 12.2. The van der Waals surface area contributed by atoms with Crippen LogP contribution in [0.1, 0.15) is 17.3 Å². The Hall–Kier alpha value is -2.44.